The highest BCUT2D eigenvalue weighted by Gasteiger charge is 2.09. The molecule has 0 aliphatic heterocycles. The summed E-state index contributed by atoms with van der Waals surface area (Å²) >= 11 is 0. The highest BCUT2D eigenvalue weighted by Crippen LogP contribution is 2.13. The molecule has 19 heavy (non-hydrogen) atoms. The molecule has 1 aromatic rings. The molecule has 0 amide bonds. The normalized spacial score (nSPS) is 12.9. The van der Waals surface area contributed by atoms with Crippen molar-refractivity contribution in [3.63, 3.8) is 0 Å². The minimum Gasteiger partial charge on any atom is -0.381 e. The van der Waals surface area contributed by atoms with Gasteiger partial charge in [0, 0.05) is 13.2 Å². The average Bonchev–Trinajstić information content (AvgIpc) is 2.37. The minimum atomic E-state index is -0.172. The van der Waals surface area contributed by atoms with Crippen LogP contribution in [0, 0.1) is 17.7 Å². The number of hydrogen-bond donors (Lipinski definition) is 1. The average molecular weight is 267 g/mol. The summed E-state index contributed by atoms with van der Waals surface area (Å²) in [6.07, 6.45) is 2.00. The second-order valence-corrected chi connectivity index (χ2v) is 5.51. The maximum atomic E-state index is 12.9. The molecule has 0 fully saturated rings. The van der Waals surface area contributed by atoms with Gasteiger partial charge >= 0.3 is 0 Å². The number of hydrogen-bond acceptors (Lipinski definition) is 2. The van der Waals surface area contributed by atoms with Crippen molar-refractivity contribution in [2.24, 2.45) is 11.8 Å². The van der Waals surface area contributed by atoms with E-state index in [1.54, 1.807) is 0 Å². The van der Waals surface area contributed by atoms with Crippen LogP contribution in [0.15, 0.2) is 24.3 Å². The van der Waals surface area contributed by atoms with E-state index in [2.05, 4.69) is 19.2 Å². The molecule has 0 aliphatic carbocycles. The van der Waals surface area contributed by atoms with Crippen LogP contribution in [-0.4, -0.2) is 26.8 Å². The molecule has 1 unspecified atom stereocenters. The first-order chi connectivity index (χ1) is 9.11. The van der Waals surface area contributed by atoms with Gasteiger partial charge in [0.25, 0.3) is 0 Å². The van der Waals surface area contributed by atoms with E-state index in [1.807, 2.05) is 19.2 Å². The maximum absolute atomic E-state index is 12.9. The van der Waals surface area contributed by atoms with Crippen LogP contribution in [0.3, 0.4) is 0 Å². The van der Waals surface area contributed by atoms with Crippen LogP contribution in [0.1, 0.15) is 25.8 Å². The van der Waals surface area contributed by atoms with Crippen molar-refractivity contribution >= 4 is 0 Å². The van der Waals surface area contributed by atoms with Gasteiger partial charge in [-0.25, -0.2) is 4.39 Å². The van der Waals surface area contributed by atoms with Gasteiger partial charge in [0.05, 0.1) is 0 Å². The SMILES string of the molecule is CNCC(CCOCC(C)C)Cc1ccc(F)cc1. The quantitative estimate of drug-likeness (QED) is 0.693. The molecular formula is C16H26FNO. The van der Waals surface area contributed by atoms with Crippen molar-refractivity contribution in [1.82, 2.24) is 5.32 Å². The number of rotatable bonds is 9. The molecule has 3 heteroatoms. The predicted molar refractivity (Wildman–Crippen MR) is 77.8 cm³/mol. The molecule has 1 N–H and O–H groups in total. The molecule has 2 nitrogen and oxygen atoms in total. The van der Waals surface area contributed by atoms with Gasteiger partial charge in [-0.1, -0.05) is 26.0 Å². The van der Waals surface area contributed by atoms with Crippen molar-refractivity contribution in [3.8, 4) is 0 Å². The summed E-state index contributed by atoms with van der Waals surface area (Å²) in [5.74, 6) is 0.941. The molecule has 0 heterocycles. The Hall–Kier alpha value is -0.930. The number of halogens is 1. The van der Waals surface area contributed by atoms with Gasteiger partial charge in [-0.15, -0.1) is 0 Å². The lowest BCUT2D eigenvalue weighted by molar-refractivity contribution is 0.0978. The predicted octanol–water partition coefficient (Wildman–Crippen LogP) is 3.27. The summed E-state index contributed by atoms with van der Waals surface area (Å²) < 4.78 is 18.5. The van der Waals surface area contributed by atoms with E-state index >= 15 is 0 Å². The summed E-state index contributed by atoms with van der Waals surface area (Å²) in [7, 11) is 1.96. The van der Waals surface area contributed by atoms with Crippen LogP contribution in [0.5, 0.6) is 0 Å². The molecule has 0 aliphatic rings. The highest BCUT2D eigenvalue weighted by atomic mass is 19.1. The molecule has 1 rings (SSSR count). The largest absolute Gasteiger partial charge is 0.381 e. The summed E-state index contributed by atoms with van der Waals surface area (Å²) in [6.45, 7) is 6.89. The molecule has 0 radical (unpaired) electrons. The third-order valence-corrected chi connectivity index (χ3v) is 3.05. The van der Waals surface area contributed by atoms with Crippen LogP contribution < -0.4 is 5.32 Å². The Morgan fingerprint density at radius 1 is 1.21 bits per heavy atom. The molecule has 0 aromatic heterocycles. The summed E-state index contributed by atoms with van der Waals surface area (Å²) in [4.78, 5) is 0. The van der Waals surface area contributed by atoms with E-state index in [9.17, 15) is 4.39 Å². The third kappa shape index (κ3) is 7.28. The van der Waals surface area contributed by atoms with Crippen molar-refractivity contribution in [2.75, 3.05) is 26.8 Å². The molecule has 1 atom stereocenters. The van der Waals surface area contributed by atoms with E-state index in [0.717, 1.165) is 32.6 Å². The molecule has 0 saturated carbocycles. The zero-order valence-electron chi connectivity index (χ0n) is 12.3. The lowest BCUT2D eigenvalue weighted by Crippen LogP contribution is -2.22. The van der Waals surface area contributed by atoms with E-state index in [1.165, 1.54) is 17.7 Å². The molecule has 0 spiro atoms. The summed E-state index contributed by atoms with van der Waals surface area (Å²) in [5.41, 5.74) is 1.19. The number of nitrogens with one attached hydrogen (secondary N) is 1. The van der Waals surface area contributed by atoms with E-state index in [4.69, 9.17) is 4.74 Å². The van der Waals surface area contributed by atoms with Crippen LogP contribution in [0.4, 0.5) is 4.39 Å². The fourth-order valence-corrected chi connectivity index (χ4v) is 2.09. The lowest BCUT2D eigenvalue weighted by Gasteiger charge is -2.17. The Morgan fingerprint density at radius 3 is 2.47 bits per heavy atom. The van der Waals surface area contributed by atoms with Crippen molar-refractivity contribution in [2.45, 2.75) is 26.7 Å². The standard InChI is InChI=1S/C16H26FNO/c1-13(2)12-19-9-8-15(11-18-3)10-14-4-6-16(17)7-5-14/h4-7,13,15,18H,8-12H2,1-3H3. The highest BCUT2D eigenvalue weighted by molar-refractivity contribution is 5.16. The Kier molecular flexibility index (Phi) is 7.68. The van der Waals surface area contributed by atoms with Crippen LogP contribution in [-0.2, 0) is 11.2 Å². The van der Waals surface area contributed by atoms with Crippen molar-refractivity contribution in [3.05, 3.63) is 35.6 Å². The first kappa shape index (κ1) is 16.1. The van der Waals surface area contributed by atoms with Gasteiger partial charge in [0.15, 0.2) is 0 Å². The topological polar surface area (TPSA) is 21.3 Å². The van der Waals surface area contributed by atoms with E-state index in [-0.39, 0.29) is 5.82 Å². The second kappa shape index (κ2) is 9.05. The van der Waals surface area contributed by atoms with Crippen LogP contribution >= 0.6 is 0 Å². The third-order valence-electron chi connectivity index (χ3n) is 3.05. The molecule has 108 valence electrons. The Balaban J connectivity index is 2.37. The van der Waals surface area contributed by atoms with E-state index in [0.29, 0.717) is 11.8 Å². The summed E-state index contributed by atoms with van der Waals surface area (Å²) in [5, 5.41) is 3.22. The van der Waals surface area contributed by atoms with Gasteiger partial charge in [-0.3, -0.25) is 0 Å². The van der Waals surface area contributed by atoms with Gasteiger partial charge in [-0.2, -0.15) is 0 Å². The number of benzene rings is 1. The Morgan fingerprint density at radius 2 is 1.89 bits per heavy atom. The van der Waals surface area contributed by atoms with E-state index < -0.39 is 0 Å². The van der Waals surface area contributed by atoms with Gasteiger partial charge < -0.3 is 10.1 Å². The Bertz CT molecular complexity index is 337. The van der Waals surface area contributed by atoms with Crippen LogP contribution in [0.25, 0.3) is 0 Å². The zero-order chi connectivity index (χ0) is 14.1. The summed E-state index contributed by atoms with van der Waals surface area (Å²) in [6, 6.07) is 6.79. The fourth-order valence-electron chi connectivity index (χ4n) is 2.09. The first-order valence-electron chi connectivity index (χ1n) is 7.08. The lowest BCUT2D eigenvalue weighted by atomic mass is 9.96. The van der Waals surface area contributed by atoms with Crippen molar-refractivity contribution in [1.29, 1.82) is 0 Å². The maximum Gasteiger partial charge on any atom is 0.123 e. The first-order valence-corrected chi connectivity index (χ1v) is 7.08. The number of ether oxygens (including phenoxy) is 1. The van der Waals surface area contributed by atoms with Gasteiger partial charge in [-0.05, 0) is 56.0 Å². The smallest absolute Gasteiger partial charge is 0.123 e. The molecule has 0 bridgehead atoms. The fraction of sp³-hybridized carbons (Fsp3) is 0.625. The Labute approximate surface area is 116 Å². The zero-order valence-corrected chi connectivity index (χ0v) is 12.3. The van der Waals surface area contributed by atoms with Gasteiger partial charge in [0.2, 0.25) is 0 Å². The second-order valence-electron chi connectivity index (χ2n) is 5.51. The molecule has 0 saturated heterocycles. The van der Waals surface area contributed by atoms with Gasteiger partial charge in [0.1, 0.15) is 5.82 Å². The molecule has 1 aromatic carbocycles. The monoisotopic (exact) mass is 267 g/mol. The van der Waals surface area contributed by atoms with Crippen molar-refractivity contribution < 1.29 is 9.13 Å². The van der Waals surface area contributed by atoms with Crippen LogP contribution in [0.2, 0.25) is 0 Å². The minimum absolute atomic E-state index is 0.172. The molecular weight excluding hydrogens is 241 g/mol.